The maximum atomic E-state index is 13.1. The maximum absolute atomic E-state index is 13.1. The third kappa shape index (κ3) is 5.52. The Kier molecular flexibility index (Phi) is 7.95. The molecular formula is C10H8F14N4O2. The van der Waals surface area contributed by atoms with Crippen LogP contribution < -0.4 is 11.0 Å². The highest BCUT2D eigenvalue weighted by Gasteiger charge is 2.73. The second-order valence-electron chi connectivity index (χ2n) is 5.11. The predicted molar refractivity (Wildman–Crippen MR) is 66.3 cm³/mol. The summed E-state index contributed by atoms with van der Waals surface area (Å²) in [4.78, 5) is 4.39. The van der Waals surface area contributed by atoms with E-state index >= 15 is 0 Å². The second-order valence-corrected chi connectivity index (χ2v) is 5.11. The van der Waals surface area contributed by atoms with Gasteiger partial charge in [0.25, 0.3) is 0 Å². The largest absolute Gasteiger partial charge is 0.459 e. The number of nitrogens with zero attached hydrogens (tertiary/aromatic N) is 2. The Morgan fingerprint density at radius 3 is 0.933 bits per heavy atom. The van der Waals surface area contributed by atoms with Gasteiger partial charge < -0.3 is 0 Å². The lowest BCUT2D eigenvalue weighted by Gasteiger charge is -2.27. The highest BCUT2D eigenvalue weighted by atomic mass is 19.4. The van der Waals surface area contributed by atoms with Crippen molar-refractivity contribution < 1.29 is 71.9 Å². The Hall–Kier alpha value is -2.12. The van der Waals surface area contributed by atoms with Crippen molar-refractivity contribution in [1.29, 1.82) is 0 Å². The van der Waals surface area contributed by atoms with Crippen molar-refractivity contribution in [2.75, 3.05) is 13.1 Å². The molecule has 0 saturated carbocycles. The average molecular weight is 482 g/mol. The summed E-state index contributed by atoms with van der Waals surface area (Å²) in [5, 5.41) is 17.0. The maximum Gasteiger partial charge on any atom is 0.459 e. The van der Waals surface area contributed by atoms with E-state index in [1.807, 2.05) is 0 Å². The fourth-order valence-corrected chi connectivity index (χ4v) is 1.30. The number of hydrogen-bond donors (Lipinski definition) is 4. The molecular weight excluding hydrogens is 474 g/mol. The SMILES string of the molecule is ONC(=NCC(F)(F)C(F)(F)C(F)(F)F)C(=NCC(F)(F)C(F)(F)C(F)(F)F)NO. The molecule has 0 aromatic heterocycles. The van der Waals surface area contributed by atoms with Gasteiger partial charge in [0.1, 0.15) is 13.1 Å². The Morgan fingerprint density at radius 2 is 0.767 bits per heavy atom. The first-order valence-electron chi connectivity index (χ1n) is 6.63. The van der Waals surface area contributed by atoms with Crippen LogP contribution in [0.15, 0.2) is 9.98 Å². The quantitative estimate of drug-likeness (QED) is 0.202. The van der Waals surface area contributed by atoms with Crippen molar-refractivity contribution in [3.05, 3.63) is 0 Å². The predicted octanol–water partition coefficient (Wildman–Crippen LogP) is 3.41. The third-order valence-electron chi connectivity index (χ3n) is 2.94. The summed E-state index contributed by atoms with van der Waals surface area (Å²) in [6.45, 7) is -5.70. The van der Waals surface area contributed by atoms with Crippen LogP contribution in [0.4, 0.5) is 61.5 Å². The molecule has 0 fully saturated rings. The lowest BCUT2D eigenvalue weighted by molar-refractivity contribution is -0.351. The van der Waals surface area contributed by atoms with Gasteiger partial charge in [0.15, 0.2) is 11.7 Å². The van der Waals surface area contributed by atoms with Crippen molar-refractivity contribution in [2.45, 2.75) is 36.0 Å². The standard InChI is InChI=1S/C10H8F14N4O2/c11-5(12,7(15,16)9(19,20)21)1-25-3(27-29)4(28-30)26-2-6(13,14)8(17,18)10(22,23)24/h29-30H,1-2H2,(H,25,27)(H,26,28). The Bertz CT molecular complexity index is 598. The van der Waals surface area contributed by atoms with E-state index in [2.05, 4.69) is 9.98 Å². The molecule has 0 rings (SSSR count). The topological polar surface area (TPSA) is 89.2 Å². The fourth-order valence-electron chi connectivity index (χ4n) is 1.30. The van der Waals surface area contributed by atoms with Gasteiger partial charge in [0, 0.05) is 0 Å². The van der Waals surface area contributed by atoms with E-state index in [9.17, 15) is 61.5 Å². The number of halogens is 14. The molecule has 0 aromatic carbocycles. The summed E-state index contributed by atoms with van der Waals surface area (Å²) in [6, 6.07) is 0. The van der Waals surface area contributed by atoms with Crippen molar-refractivity contribution in [3.63, 3.8) is 0 Å². The summed E-state index contributed by atoms with van der Waals surface area (Å²) in [5.74, 6) is -29.3. The third-order valence-corrected chi connectivity index (χ3v) is 2.94. The van der Waals surface area contributed by atoms with E-state index in [-0.39, 0.29) is 0 Å². The van der Waals surface area contributed by atoms with Crippen LogP contribution in [0.3, 0.4) is 0 Å². The van der Waals surface area contributed by atoms with Crippen LogP contribution in [0.5, 0.6) is 0 Å². The van der Waals surface area contributed by atoms with E-state index in [0.717, 1.165) is 0 Å². The van der Waals surface area contributed by atoms with E-state index in [1.165, 1.54) is 0 Å². The van der Waals surface area contributed by atoms with Gasteiger partial charge in [0.05, 0.1) is 0 Å². The first-order valence-corrected chi connectivity index (χ1v) is 6.63. The molecule has 0 spiro atoms. The molecule has 0 bridgehead atoms. The van der Waals surface area contributed by atoms with Gasteiger partial charge in [0.2, 0.25) is 0 Å². The zero-order chi connectivity index (χ0) is 24.4. The fraction of sp³-hybridized carbons (Fsp3) is 0.800. The zero-order valence-corrected chi connectivity index (χ0v) is 13.5. The van der Waals surface area contributed by atoms with Crippen molar-refractivity contribution in [1.82, 2.24) is 11.0 Å². The molecule has 0 amide bonds. The molecule has 0 aliphatic rings. The van der Waals surface area contributed by atoms with Gasteiger partial charge in [-0.1, -0.05) is 0 Å². The normalized spacial score (nSPS) is 16.0. The van der Waals surface area contributed by atoms with Gasteiger partial charge in [-0.3, -0.25) is 20.4 Å². The molecule has 30 heavy (non-hydrogen) atoms. The minimum Gasteiger partial charge on any atom is -0.290 e. The number of alkyl halides is 14. The molecule has 6 nitrogen and oxygen atoms in total. The van der Waals surface area contributed by atoms with Crippen molar-refractivity contribution in [2.24, 2.45) is 9.98 Å². The van der Waals surface area contributed by atoms with Crippen LogP contribution in [0, 0.1) is 0 Å². The molecule has 4 N–H and O–H groups in total. The van der Waals surface area contributed by atoms with Crippen molar-refractivity contribution >= 4 is 11.7 Å². The van der Waals surface area contributed by atoms with Crippen LogP contribution in [0.25, 0.3) is 0 Å². The molecule has 0 aliphatic carbocycles. The summed E-state index contributed by atoms with van der Waals surface area (Å²) in [6.07, 6.45) is -13.6. The molecule has 178 valence electrons. The molecule has 20 heteroatoms. The van der Waals surface area contributed by atoms with Gasteiger partial charge in [-0.15, -0.1) is 0 Å². The average Bonchev–Trinajstić information content (AvgIpc) is 2.55. The Morgan fingerprint density at radius 1 is 0.533 bits per heavy atom. The molecule has 0 radical (unpaired) electrons. The van der Waals surface area contributed by atoms with E-state index in [0.29, 0.717) is 11.0 Å². The van der Waals surface area contributed by atoms with Gasteiger partial charge in [-0.25, -0.2) is 11.0 Å². The van der Waals surface area contributed by atoms with Gasteiger partial charge in [-0.2, -0.15) is 61.5 Å². The Balaban J connectivity index is 5.83. The van der Waals surface area contributed by atoms with Gasteiger partial charge in [-0.05, 0) is 0 Å². The highest BCUT2D eigenvalue weighted by Crippen LogP contribution is 2.47. The monoisotopic (exact) mass is 482 g/mol. The minimum atomic E-state index is -6.80. The molecule has 0 heterocycles. The lowest BCUT2D eigenvalue weighted by Crippen LogP contribution is -2.54. The summed E-state index contributed by atoms with van der Waals surface area (Å²) in [5.41, 5.74) is 1.21. The van der Waals surface area contributed by atoms with E-state index in [4.69, 9.17) is 10.4 Å². The van der Waals surface area contributed by atoms with Gasteiger partial charge >= 0.3 is 36.0 Å². The van der Waals surface area contributed by atoms with Crippen LogP contribution in [-0.4, -0.2) is 71.2 Å². The summed E-state index contributed by atoms with van der Waals surface area (Å²) < 4.78 is 175. The van der Waals surface area contributed by atoms with Crippen LogP contribution in [-0.2, 0) is 0 Å². The van der Waals surface area contributed by atoms with E-state index in [1.54, 1.807) is 0 Å². The molecule has 0 unspecified atom stereocenters. The van der Waals surface area contributed by atoms with Crippen LogP contribution >= 0.6 is 0 Å². The highest BCUT2D eigenvalue weighted by molar-refractivity contribution is 6.39. The number of nitrogens with one attached hydrogen (secondary N) is 2. The molecule has 0 atom stereocenters. The smallest absolute Gasteiger partial charge is 0.290 e. The zero-order valence-electron chi connectivity index (χ0n) is 13.5. The second kappa shape index (κ2) is 8.55. The summed E-state index contributed by atoms with van der Waals surface area (Å²) in [7, 11) is 0. The van der Waals surface area contributed by atoms with Crippen LogP contribution in [0.1, 0.15) is 0 Å². The number of amidine groups is 2. The van der Waals surface area contributed by atoms with Crippen LogP contribution in [0.2, 0.25) is 0 Å². The van der Waals surface area contributed by atoms with Crippen molar-refractivity contribution in [3.8, 4) is 0 Å². The first kappa shape index (κ1) is 27.9. The summed E-state index contributed by atoms with van der Waals surface area (Å²) >= 11 is 0. The number of hydroxylamine groups is 2. The molecule has 0 aliphatic heterocycles. The first-order chi connectivity index (χ1) is 13.1. The Labute approximate surface area is 155 Å². The number of aliphatic imine (C=N–C) groups is 2. The minimum absolute atomic E-state index is 0.604. The number of rotatable bonds is 6. The molecule has 0 saturated heterocycles. The lowest BCUT2D eigenvalue weighted by atomic mass is 10.1. The number of hydrogen-bond acceptors (Lipinski definition) is 4. The van der Waals surface area contributed by atoms with E-state index < -0.39 is 60.8 Å². The molecule has 0 aromatic rings.